The minimum Gasteiger partial charge on any atom is -0.493 e. The Morgan fingerprint density at radius 2 is 2.05 bits per heavy atom. The Morgan fingerprint density at radius 1 is 1.26 bits per heavy atom. The standard InChI is InChI=1S/C15H23NO3/c1-12-5-6-14(11-13(12)2)19-10-7-15(18)16-8-3-4-9-17/h5-6,11,17H,3-4,7-10H2,1-2H3,(H,16,18). The van der Waals surface area contributed by atoms with E-state index in [4.69, 9.17) is 9.84 Å². The maximum Gasteiger partial charge on any atom is 0.223 e. The van der Waals surface area contributed by atoms with E-state index in [1.807, 2.05) is 25.1 Å². The summed E-state index contributed by atoms with van der Waals surface area (Å²) in [5, 5.41) is 11.4. The summed E-state index contributed by atoms with van der Waals surface area (Å²) in [4.78, 5) is 11.5. The third kappa shape index (κ3) is 6.25. The molecule has 0 bridgehead atoms. The van der Waals surface area contributed by atoms with Gasteiger partial charge in [-0.05, 0) is 49.9 Å². The SMILES string of the molecule is Cc1ccc(OCCC(=O)NCCCCO)cc1C. The zero-order chi connectivity index (χ0) is 14.1. The van der Waals surface area contributed by atoms with Crippen LogP contribution in [-0.4, -0.2) is 30.8 Å². The first-order chi connectivity index (χ1) is 9.13. The van der Waals surface area contributed by atoms with E-state index in [-0.39, 0.29) is 12.5 Å². The van der Waals surface area contributed by atoms with Gasteiger partial charge in [-0.25, -0.2) is 0 Å². The van der Waals surface area contributed by atoms with Gasteiger partial charge in [-0.15, -0.1) is 0 Å². The first-order valence-electron chi connectivity index (χ1n) is 6.71. The molecule has 0 unspecified atom stereocenters. The molecule has 4 nitrogen and oxygen atoms in total. The van der Waals surface area contributed by atoms with Crippen LogP contribution in [-0.2, 0) is 4.79 Å². The predicted molar refractivity (Wildman–Crippen MR) is 75.4 cm³/mol. The summed E-state index contributed by atoms with van der Waals surface area (Å²) in [6, 6.07) is 5.91. The molecule has 0 aliphatic heterocycles. The van der Waals surface area contributed by atoms with Crippen molar-refractivity contribution in [1.29, 1.82) is 0 Å². The Balaban J connectivity index is 2.18. The number of carbonyl (C=O) groups excluding carboxylic acids is 1. The van der Waals surface area contributed by atoms with E-state index >= 15 is 0 Å². The van der Waals surface area contributed by atoms with Gasteiger partial charge in [0.05, 0.1) is 13.0 Å². The van der Waals surface area contributed by atoms with Gasteiger partial charge in [-0.3, -0.25) is 4.79 Å². The Kier molecular flexibility index (Phi) is 6.97. The maximum absolute atomic E-state index is 11.5. The van der Waals surface area contributed by atoms with Gasteiger partial charge in [-0.1, -0.05) is 6.07 Å². The van der Waals surface area contributed by atoms with Crippen LogP contribution in [0.1, 0.15) is 30.4 Å². The summed E-state index contributed by atoms with van der Waals surface area (Å²) in [6.07, 6.45) is 1.88. The van der Waals surface area contributed by atoms with Crippen molar-refractivity contribution in [3.05, 3.63) is 29.3 Å². The van der Waals surface area contributed by atoms with Gasteiger partial charge in [0, 0.05) is 13.2 Å². The molecule has 0 aliphatic carbocycles. The van der Waals surface area contributed by atoms with Gasteiger partial charge in [-0.2, -0.15) is 0 Å². The number of aryl methyl sites for hydroxylation is 2. The average molecular weight is 265 g/mol. The number of aliphatic hydroxyl groups excluding tert-OH is 1. The van der Waals surface area contributed by atoms with E-state index in [0.717, 1.165) is 18.6 Å². The van der Waals surface area contributed by atoms with Crippen molar-refractivity contribution in [2.24, 2.45) is 0 Å². The molecule has 0 radical (unpaired) electrons. The van der Waals surface area contributed by atoms with Crippen molar-refractivity contribution >= 4 is 5.91 Å². The highest BCUT2D eigenvalue weighted by Gasteiger charge is 2.02. The average Bonchev–Trinajstić information content (AvgIpc) is 2.39. The summed E-state index contributed by atoms with van der Waals surface area (Å²) < 4.78 is 5.54. The number of unbranched alkanes of at least 4 members (excludes halogenated alkanes) is 1. The van der Waals surface area contributed by atoms with Crippen LogP contribution in [0.2, 0.25) is 0 Å². The van der Waals surface area contributed by atoms with Crippen LogP contribution >= 0.6 is 0 Å². The summed E-state index contributed by atoms with van der Waals surface area (Å²) in [6.45, 7) is 5.26. The molecule has 1 aromatic carbocycles. The van der Waals surface area contributed by atoms with Crippen molar-refractivity contribution in [3.8, 4) is 5.75 Å². The van der Waals surface area contributed by atoms with Crippen LogP contribution < -0.4 is 10.1 Å². The number of rotatable bonds is 8. The molecular weight excluding hydrogens is 242 g/mol. The lowest BCUT2D eigenvalue weighted by atomic mass is 10.1. The second kappa shape index (κ2) is 8.53. The molecule has 106 valence electrons. The zero-order valence-corrected chi connectivity index (χ0v) is 11.7. The van der Waals surface area contributed by atoms with Gasteiger partial charge in [0.15, 0.2) is 0 Å². The molecule has 2 N–H and O–H groups in total. The lowest BCUT2D eigenvalue weighted by molar-refractivity contribution is -0.121. The van der Waals surface area contributed by atoms with Crippen molar-refractivity contribution in [1.82, 2.24) is 5.32 Å². The van der Waals surface area contributed by atoms with Crippen molar-refractivity contribution < 1.29 is 14.6 Å². The number of hydrogen-bond donors (Lipinski definition) is 2. The molecule has 1 amide bonds. The normalized spacial score (nSPS) is 10.3. The van der Waals surface area contributed by atoms with E-state index in [1.54, 1.807) is 0 Å². The van der Waals surface area contributed by atoms with E-state index < -0.39 is 0 Å². The molecule has 0 aliphatic rings. The lowest BCUT2D eigenvalue weighted by Crippen LogP contribution is -2.26. The number of nitrogens with one attached hydrogen (secondary N) is 1. The fourth-order valence-electron chi connectivity index (χ4n) is 1.62. The van der Waals surface area contributed by atoms with Crippen LogP contribution in [0.15, 0.2) is 18.2 Å². The van der Waals surface area contributed by atoms with Gasteiger partial charge < -0.3 is 15.2 Å². The molecule has 1 rings (SSSR count). The third-order valence-electron chi connectivity index (χ3n) is 2.98. The maximum atomic E-state index is 11.5. The Bertz CT molecular complexity index is 404. The fraction of sp³-hybridized carbons (Fsp3) is 0.533. The van der Waals surface area contributed by atoms with E-state index in [1.165, 1.54) is 11.1 Å². The van der Waals surface area contributed by atoms with E-state index in [2.05, 4.69) is 12.2 Å². The summed E-state index contributed by atoms with van der Waals surface area (Å²) >= 11 is 0. The first-order valence-corrected chi connectivity index (χ1v) is 6.71. The number of amides is 1. The van der Waals surface area contributed by atoms with Gasteiger partial charge >= 0.3 is 0 Å². The molecule has 4 heteroatoms. The monoisotopic (exact) mass is 265 g/mol. The van der Waals surface area contributed by atoms with Crippen LogP contribution in [0.25, 0.3) is 0 Å². The molecule has 0 atom stereocenters. The highest BCUT2D eigenvalue weighted by atomic mass is 16.5. The number of carbonyl (C=O) groups is 1. The smallest absolute Gasteiger partial charge is 0.223 e. The summed E-state index contributed by atoms with van der Waals surface area (Å²) in [7, 11) is 0. The summed E-state index contributed by atoms with van der Waals surface area (Å²) in [5.74, 6) is 0.790. The largest absolute Gasteiger partial charge is 0.493 e. The topological polar surface area (TPSA) is 58.6 Å². The molecule has 1 aromatic rings. The van der Waals surface area contributed by atoms with Crippen molar-refractivity contribution in [3.63, 3.8) is 0 Å². The van der Waals surface area contributed by atoms with Gasteiger partial charge in [0.1, 0.15) is 5.75 Å². The molecule has 0 spiro atoms. The van der Waals surface area contributed by atoms with Gasteiger partial charge in [0.25, 0.3) is 0 Å². The molecule has 19 heavy (non-hydrogen) atoms. The van der Waals surface area contributed by atoms with Crippen LogP contribution in [0.5, 0.6) is 5.75 Å². The Hall–Kier alpha value is -1.55. The predicted octanol–water partition coefficient (Wildman–Crippen LogP) is 1.96. The molecule has 0 saturated carbocycles. The number of aliphatic hydroxyl groups is 1. The molecular formula is C15H23NO3. The molecule has 0 aromatic heterocycles. The highest BCUT2D eigenvalue weighted by Crippen LogP contribution is 2.16. The molecule has 0 heterocycles. The number of ether oxygens (including phenoxy) is 1. The Labute approximate surface area is 114 Å². The van der Waals surface area contributed by atoms with Gasteiger partial charge in [0.2, 0.25) is 5.91 Å². The van der Waals surface area contributed by atoms with Crippen LogP contribution in [0, 0.1) is 13.8 Å². The zero-order valence-electron chi connectivity index (χ0n) is 11.7. The lowest BCUT2D eigenvalue weighted by Gasteiger charge is -2.08. The van der Waals surface area contributed by atoms with E-state index in [0.29, 0.717) is 19.6 Å². The van der Waals surface area contributed by atoms with Crippen molar-refractivity contribution in [2.45, 2.75) is 33.1 Å². The minimum atomic E-state index is -0.0122. The molecule has 0 saturated heterocycles. The number of benzene rings is 1. The second-order valence-electron chi connectivity index (χ2n) is 4.63. The minimum absolute atomic E-state index is 0.0122. The summed E-state index contributed by atoms with van der Waals surface area (Å²) in [5.41, 5.74) is 2.42. The molecule has 0 fully saturated rings. The first kappa shape index (κ1) is 15.5. The van der Waals surface area contributed by atoms with Crippen LogP contribution in [0.3, 0.4) is 0 Å². The number of hydrogen-bond acceptors (Lipinski definition) is 3. The second-order valence-corrected chi connectivity index (χ2v) is 4.63. The van der Waals surface area contributed by atoms with Crippen LogP contribution in [0.4, 0.5) is 0 Å². The fourth-order valence-corrected chi connectivity index (χ4v) is 1.62. The van der Waals surface area contributed by atoms with E-state index in [9.17, 15) is 4.79 Å². The Morgan fingerprint density at radius 3 is 2.74 bits per heavy atom. The highest BCUT2D eigenvalue weighted by molar-refractivity contribution is 5.75. The third-order valence-corrected chi connectivity index (χ3v) is 2.98. The van der Waals surface area contributed by atoms with Crippen molar-refractivity contribution in [2.75, 3.05) is 19.8 Å². The quantitative estimate of drug-likeness (QED) is 0.706.